The van der Waals surface area contributed by atoms with E-state index in [-0.39, 0.29) is 22.5 Å². The van der Waals surface area contributed by atoms with Gasteiger partial charge in [-0.15, -0.1) is 0 Å². The van der Waals surface area contributed by atoms with Crippen molar-refractivity contribution in [3.63, 3.8) is 0 Å². The van der Waals surface area contributed by atoms with Crippen LogP contribution in [0.25, 0.3) is 0 Å². The predicted octanol–water partition coefficient (Wildman–Crippen LogP) is 3.62. The second kappa shape index (κ2) is 10.0. The summed E-state index contributed by atoms with van der Waals surface area (Å²) in [4.78, 5) is 15.1. The highest BCUT2D eigenvalue weighted by Gasteiger charge is 2.22. The van der Waals surface area contributed by atoms with Crippen LogP contribution in [0.1, 0.15) is 43.0 Å². The topological polar surface area (TPSA) is 78.5 Å². The Morgan fingerprint density at radius 2 is 1.83 bits per heavy atom. The first-order valence-electron chi connectivity index (χ1n) is 10.3. The molecule has 3 rings (SSSR count). The first-order valence-corrected chi connectivity index (χ1v) is 11.8. The molecular formula is C22H28FN3O3S. The molecule has 1 fully saturated rings. The van der Waals surface area contributed by atoms with Crippen molar-refractivity contribution in [3.05, 3.63) is 59.9 Å². The van der Waals surface area contributed by atoms with E-state index in [4.69, 9.17) is 0 Å². The lowest BCUT2D eigenvalue weighted by Crippen LogP contribution is -2.44. The fourth-order valence-electron chi connectivity index (χ4n) is 3.49. The zero-order valence-corrected chi connectivity index (χ0v) is 17.9. The number of rotatable bonds is 8. The van der Waals surface area contributed by atoms with Crippen LogP contribution in [0.15, 0.2) is 53.4 Å². The Bertz CT molecular complexity index is 956. The average Bonchev–Trinajstić information content (AvgIpc) is 2.75. The van der Waals surface area contributed by atoms with Gasteiger partial charge in [-0.25, -0.2) is 12.8 Å². The standard InChI is InChI=1S/C22H28FN3O3S/c1-2-3-13-26-14-11-19(12-15-26)24-22(27)17-5-4-6-21(16-17)30(28,29)25-20-9-7-18(23)8-10-20/h4-10,16,19,25H,2-3,11-15H2,1H3,(H,24,27). The molecule has 0 saturated carbocycles. The second-order valence-corrected chi connectivity index (χ2v) is 9.27. The maximum atomic E-state index is 13.0. The third kappa shape index (κ3) is 6.03. The largest absolute Gasteiger partial charge is 0.349 e. The van der Waals surface area contributed by atoms with E-state index in [0.29, 0.717) is 5.56 Å². The molecule has 1 heterocycles. The number of piperidine rings is 1. The quantitative estimate of drug-likeness (QED) is 0.667. The summed E-state index contributed by atoms with van der Waals surface area (Å²) in [5.74, 6) is -0.728. The number of unbranched alkanes of at least 4 members (excludes halogenated alkanes) is 1. The Balaban J connectivity index is 1.62. The number of nitrogens with one attached hydrogen (secondary N) is 2. The summed E-state index contributed by atoms with van der Waals surface area (Å²) in [6, 6.07) is 11.1. The maximum Gasteiger partial charge on any atom is 0.261 e. The molecule has 0 bridgehead atoms. The molecule has 2 N–H and O–H groups in total. The van der Waals surface area contributed by atoms with Gasteiger partial charge < -0.3 is 10.2 Å². The Labute approximate surface area is 177 Å². The second-order valence-electron chi connectivity index (χ2n) is 7.58. The van der Waals surface area contributed by atoms with Gasteiger partial charge in [-0.2, -0.15) is 0 Å². The smallest absolute Gasteiger partial charge is 0.261 e. The molecule has 0 unspecified atom stereocenters. The van der Waals surface area contributed by atoms with Crippen LogP contribution >= 0.6 is 0 Å². The monoisotopic (exact) mass is 433 g/mol. The summed E-state index contributed by atoms with van der Waals surface area (Å²) >= 11 is 0. The van der Waals surface area contributed by atoms with Gasteiger partial charge in [-0.05, 0) is 68.3 Å². The summed E-state index contributed by atoms with van der Waals surface area (Å²) in [5, 5.41) is 3.02. The number of nitrogens with zero attached hydrogens (tertiary/aromatic N) is 1. The summed E-state index contributed by atoms with van der Waals surface area (Å²) in [7, 11) is -3.89. The van der Waals surface area contributed by atoms with Crippen LogP contribution in [0.2, 0.25) is 0 Å². The van der Waals surface area contributed by atoms with Gasteiger partial charge in [0.15, 0.2) is 0 Å². The number of benzene rings is 2. The van der Waals surface area contributed by atoms with E-state index in [1.807, 2.05) is 0 Å². The SMILES string of the molecule is CCCCN1CCC(NC(=O)c2cccc(S(=O)(=O)Nc3ccc(F)cc3)c2)CC1. The molecule has 2 aromatic carbocycles. The van der Waals surface area contributed by atoms with Crippen LogP contribution in [-0.4, -0.2) is 44.9 Å². The molecule has 0 atom stereocenters. The molecule has 6 nitrogen and oxygen atoms in total. The number of hydrogen-bond acceptors (Lipinski definition) is 4. The molecule has 0 aliphatic carbocycles. The van der Waals surface area contributed by atoms with Crippen LogP contribution in [0.5, 0.6) is 0 Å². The van der Waals surface area contributed by atoms with E-state index >= 15 is 0 Å². The highest BCUT2D eigenvalue weighted by molar-refractivity contribution is 7.92. The number of halogens is 1. The van der Waals surface area contributed by atoms with Crippen molar-refractivity contribution in [1.29, 1.82) is 0 Å². The van der Waals surface area contributed by atoms with E-state index in [1.165, 1.54) is 49.2 Å². The first-order chi connectivity index (χ1) is 14.4. The van der Waals surface area contributed by atoms with Gasteiger partial charge >= 0.3 is 0 Å². The number of hydrogen-bond donors (Lipinski definition) is 2. The van der Waals surface area contributed by atoms with Gasteiger partial charge in [-0.3, -0.25) is 9.52 Å². The number of carbonyl (C=O) groups excluding carboxylic acids is 1. The lowest BCUT2D eigenvalue weighted by atomic mass is 10.0. The fraction of sp³-hybridized carbons (Fsp3) is 0.409. The Hall–Kier alpha value is -2.45. The third-order valence-electron chi connectivity index (χ3n) is 5.25. The van der Waals surface area contributed by atoms with Gasteiger partial charge in [0, 0.05) is 30.4 Å². The van der Waals surface area contributed by atoms with E-state index in [1.54, 1.807) is 12.1 Å². The zero-order valence-electron chi connectivity index (χ0n) is 17.1. The van der Waals surface area contributed by atoms with Gasteiger partial charge in [0.25, 0.3) is 15.9 Å². The van der Waals surface area contributed by atoms with Crippen LogP contribution in [0.3, 0.4) is 0 Å². The Kier molecular flexibility index (Phi) is 7.44. The van der Waals surface area contributed by atoms with Crippen molar-refractivity contribution in [2.75, 3.05) is 24.4 Å². The number of sulfonamides is 1. The molecule has 0 radical (unpaired) electrons. The normalized spacial score (nSPS) is 15.7. The molecule has 162 valence electrons. The number of anilines is 1. The number of carbonyl (C=O) groups is 1. The van der Waals surface area contributed by atoms with E-state index in [9.17, 15) is 17.6 Å². The fourth-order valence-corrected chi connectivity index (χ4v) is 4.59. The van der Waals surface area contributed by atoms with E-state index < -0.39 is 15.8 Å². The molecule has 2 aromatic rings. The minimum Gasteiger partial charge on any atom is -0.349 e. The summed E-state index contributed by atoms with van der Waals surface area (Å²) < 4.78 is 40.7. The van der Waals surface area contributed by atoms with Crippen molar-refractivity contribution >= 4 is 21.6 Å². The molecule has 0 aromatic heterocycles. The highest BCUT2D eigenvalue weighted by Crippen LogP contribution is 2.18. The van der Waals surface area contributed by atoms with Crippen molar-refractivity contribution in [1.82, 2.24) is 10.2 Å². The minimum atomic E-state index is -3.89. The summed E-state index contributed by atoms with van der Waals surface area (Å²) in [6.45, 7) is 5.19. The van der Waals surface area contributed by atoms with Crippen LogP contribution in [0, 0.1) is 5.82 Å². The highest BCUT2D eigenvalue weighted by atomic mass is 32.2. The van der Waals surface area contributed by atoms with Gasteiger partial charge in [0.2, 0.25) is 0 Å². The average molecular weight is 434 g/mol. The third-order valence-corrected chi connectivity index (χ3v) is 6.63. The van der Waals surface area contributed by atoms with Crippen molar-refractivity contribution in [3.8, 4) is 0 Å². The van der Waals surface area contributed by atoms with E-state index in [0.717, 1.165) is 32.5 Å². The maximum absolute atomic E-state index is 13.0. The van der Waals surface area contributed by atoms with Gasteiger partial charge in [0.05, 0.1) is 4.90 Å². The van der Waals surface area contributed by atoms with Crippen molar-refractivity contribution < 1.29 is 17.6 Å². The summed E-state index contributed by atoms with van der Waals surface area (Å²) in [6.07, 6.45) is 4.13. The molecule has 30 heavy (non-hydrogen) atoms. The zero-order chi connectivity index (χ0) is 21.6. The molecule has 8 heteroatoms. The van der Waals surface area contributed by atoms with Crippen LogP contribution in [0.4, 0.5) is 10.1 Å². The number of amides is 1. The minimum absolute atomic E-state index is 0.0196. The Morgan fingerprint density at radius 3 is 2.50 bits per heavy atom. The van der Waals surface area contributed by atoms with Crippen molar-refractivity contribution in [2.45, 2.75) is 43.5 Å². The molecule has 1 amide bonds. The molecule has 1 aliphatic heterocycles. The lowest BCUT2D eigenvalue weighted by molar-refractivity contribution is 0.0910. The first kappa shape index (κ1) is 22.2. The lowest BCUT2D eigenvalue weighted by Gasteiger charge is -2.32. The molecule has 0 spiro atoms. The molecule has 1 aliphatic rings. The van der Waals surface area contributed by atoms with Crippen LogP contribution in [-0.2, 0) is 10.0 Å². The van der Waals surface area contributed by atoms with Crippen LogP contribution < -0.4 is 10.0 Å². The predicted molar refractivity (Wildman–Crippen MR) is 115 cm³/mol. The molecule has 1 saturated heterocycles. The van der Waals surface area contributed by atoms with Crippen molar-refractivity contribution in [2.24, 2.45) is 0 Å². The van der Waals surface area contributed by atoms with Gasteiger partial charge in [0.1, 0.15) is 5.82 Å². The number of likely N-dealkylation sites (tertiary alicyclic amines) is 1. The van der Waals surface area contributed by atoms with E-state index in [2.05, 4.69) is 21.9 Å². The Morgan fingerprint density at radius 1 is 1.13 bits per heavy atom. The van der Waals surface area contributed by atoms with Gasteiger partial charge in [-0.1, -0.05) is 19.4 Å². The molecular weight excluding hydrogens is 405 g/mol. The summed E-state index contributed by atoms with van der Waals surface area (Å²) in [5.41, 5.74) is 0.548.